The molecule has 2 atom stereocenters. The first kappa shape index (κ1) is 18.7. The number of anilines is 1. The van der Waals surface area contributed by atoms with Crippen molar-refractivity contribution in [1.29, 1.82) is 0 Å². The molecule has 0 spiro atoms. The number of ether oxygens (including phenoxy) is 1. The highest BCUT2D eigenvalue weighted by atomic mass is 35.5. The van der Waals surface area contributed by atoms with Gasteiger partial charge in [-0.2, -0.15) is 0 Å². The molecule has 2 aliphatic heterocycles. The number of fused-ring (bicyclic) bond motifs is 1. The fraction of sp³-hybridized carbons (Fsp3) is 0.353. The van der Waals surface area contributed by atoms with E-state index in [1.807, 2.05) is 6.92 Å². The third-order valence-electron chi connectivity index (χ3n) is 4.91. The third-order valence-corrected chi connectivity index (χ3v) is 7.19. The van der Waals surface area contributed by atoms with Crippen LogP contribution in [0.25, 0.3) is 0 Å². The average Bonchev–Trinajstić information content (AvgIpc) is 3.20. The minimum absolute atomic E-state index is 0.231. The number of hydrogen-bond donors (Lipinski definition) is 2. The van der Waals surface area contributed by atoms with Crippen molar-refractivity contribution >= 4 is 51.5 Å². The monoisotopic (exact) mass is 426 g/mol. The number of nitrogens with one attached hydrogen (secondary N) is 1. The molecule has 4 rings (SSSR count). The Morgan fingerprint density at radius 3 is 3.00 bits per heavy atom. The second-order valence-corrected chi connectivity index (χ2v) is 9.43. The molecule has 0 radical (unpaired) electrons. The first-order chi connectivity index (χ1) is 12.8. The molecule has 0 aliphatic carbocycles. The maximum Gasteiger partial charge on any atom is 0.284 e. The third kappa shape index (κ3) is 3.12. The summed E-state index contributed by atoms with van der Waals surface area (Å²) in [5.74, 6) is -0.143. The number of aliphatic imine (C=N–C) groups is 1. The van der Waals surface area contributed by atoms with Gasteiger partial charge in [0.15, 0.2) is 10.2 Å². The minimum atomic E-state index is -0.919. The van der Waals surface area contributed by atoms with Gasteiger partial charge in [0.1, 0.15) is 15.7 Å². The Bertz CT molecular complexity index is 953. The summed E-state index contributed by atoms with van der Waals surface area (Å²) in [6.45, 7) is 2.72. The summed E-state index contributed by atoms with van der Waals surface area (Å²) in [7, 11) is 0. The van der Waals surface area contributed by atoms with Crippen molar-refractivity contribution in [2.24, 2.45) is 16.1 Å². The highest BCUT2D eigenvalue weighted by Crippen LogP contribution is 2.53. The molecule has 142 valence electrons. The quantitative estimate of drug-likeness (QED) is 0.784. The van der Waals surface area contributed by atoms with Gasteiger partial charge in [-0.3, -0.25) is 4.79 Å². The maximum absolute atomic E-state index is 14.8. The second kappa shape index (κ2) is 6.73. The Kier molecular flexibility index (Phi) is 4.66. The lowest BCUT2D eigenvalue weighted by molar-refractivity contribution is 0.102. The Hall–Kier alpha value is -1.68. The number of aromatic nitrogens is 1. The molecule has 0 saturated carbocycles. The van der Waals surface area contributed by atoms with E-state index in [0.717, 1.165) is 11.3 Å². The summed E-state index contributed by atoms with van der Waals surface area (Å²) in [6.07, 6.45) is 1.41. The van der Waals surface area contributed by atoms with E-state index in [9.17, 15) is 9.18 Å². The van der Waals surface area contributed by atoms with Crippen LogP contribution in [0.4, 0.5) is 10.1 Å². The topological polar surface area (TPSA) is 89.6 Å². The molecule has 6 nitrogen and oxygen atoms in total. The molecule has 3 N–H and O–H groups in total. The zero-order chi connectivity index (χ0) is 19.2. The molecule has 1 aromatic heterocycles. The van der Waals surface area contributed by atoms with E-state index in [-0.39, 0.29) is 11.6 Å². The molecule has 2 aromatic rings. The van der Waals surface area contributed by atoms with Gasteiger partial charge in [-0.05, 0) is 18.2 Å². The van der Waals surface area contributed by atoms with Crippen LogP contribution in [0, 0.1) is 11.2 Å². The van der Waals surface area contributed by atoms with Crippen molar-refractivity contribution in [3.8, 4) is 0 Å². The molecule has 3 heterocycles. The van der Waals surface area contributed by atoms with Gasteiger partial charge in [0.05, 0.1) is 19.4 Å². The number of hydrogen-bond acceptors (Lipinski definition) is 7. The minimum Gasteiger partial charge on any atom is -0.379 e. The smallest absolute Gasteiger partial charge is 0.284 e. The summed E-state index contributed by atoms with van der Waals surface area (Å²) >= 11 is 8.34. The van der Waals surface area contributed by atoms with Gasteiger partial charge < -0.3 is 15.8 Å². The van der Waals surface area contributed by atoms with Crippen LogP contribution < -0.4 is 11.1 Å². The van der Waals surface area contributed by atoms with Gasteiger partial charge in [0, 0.05) is 22.4 Å². The van der Waals surface area contributed by atoms with Gasteiger partial charge in [-0.1, -0.05) is 41.6 Å². The van der Waals surface area contributed by atoms with Crippen molar-refractivity contribution in [1.82, 2.24) is 4.98 Å². The van der Waals surface area contributed by atoms with Crippen LogP contribution in [0.1, 0.15) is 22.3 Å². The van der Waals surface area contributed by atoms with Crippen LogP contribution >= 0.6 is 34.7 Å². The van der Waals surface area contributed by atoms with Crippen molar-refractivity contribution < 1.29 is 13.9 Å². The standard InChI is InChI=1S/C17H16ClFN4O2S2/c1-16-6-25-7-17(16,23-15(20)26-8-16)10-4-9(2-3-11(10)19)22-13(24)14-21-5-12(18)27-14/h2-5H,6-8H2,1H3,(H2,20,23)(H,22,24)/t16-,17+/m0/s1. The molecule has 0 unspecified atom stereocenters. The van der Waals surface area contributed by atoms with Crippen molar-refractivity contribution in [2.45, 2.75) is 12.5 Å². The van der Waals surface area contributed by atoms with Crippen molar-refractivity contribution in [3.05, 3.63) is 45.1 Å². The van der Waals surface area contributed by atoms with Gasteiger partial charge in [0.2, 0.25) is 0 Å². The highest BCUT2D eigenvalue weighted by Gasteiger charge is 2.57. The number of thioether (sulfide) groups is 1. The molecular weight excluding hydrogens is 411 g/mol. The van der Waals surface area contributed by atoms with E-state index in [1.165, 1.54) is 30.1 Å². The van der Waals surface area contributed by atoms with E-state index in [1.54, 1.807) is 6.07 Å². The second-order valence-electron chi connectivity index (χ2n) is 6.77. The number of thiazole rings is 1. The average molecular weight is 427 g/mol. The molecule has 0 bridgehead atoms. The number of rotatable bonds is 3. The molecule has 1 fully saturated rings. The number of benzene rings is 1. The van der Waals surface area contributed by atoms with E-state index < -0.39 is 22.7 Å². The lowest BCUT2D eigenvalue weighted by Crippen LogP contribution is -2.48. The number of amidine groups is 1. The van der Waals surface area contributed by atoms with Gasteiger partial charge in [-0.25, -0.2) is 14.4 Å². The molecular formula is C17H16ClFN4O2S2. The van der Waals surface area contributed by atoms with Crippen LogP contribution in [-0.2, 0) is 10.3 Å². The summed E-state index contributed by atoms with van der Waals surface area (Å²) in [5, 5.41) is 3.37. The summed E-state index contributed by atoms with van der Waals surface area (Å²) in [6, 6.07) is 4.42. The fourth-order valence-electron chi connectivity index (χ4n) is 3.43. The summed E-state index contributed by atoms with van der Waals surface area (Å²) < 4.78 is 20.9. The largest absolute Gasteiger partial charge is 0.379 e. The number of carbonyl (C=O) groups excluding carboxylic acids is 1. The summed E-state index contributed by atoms with van der Waals surface area (Å²) in [5.41, 5.74) is 5.45. The first-order valence-electron chi connectivity index (χ1n) is 8.12. The SMILES string of the molecule is C[C@@]12COC[C@]1(c1cc(NC(=O)c3ncc(Cl)s3)ccc1F)N=C(N)SC2. The Morgan fingerprint density at radius 1 is 1.44 bits per heavy atom. The normalized spacial score (nSPS) is 27.1. The van der Waals surface area contributed by atoms with Crippen molar-refractivity contribution in [2.75, 3.05) is 24.3 Å². The lowest BCUT2D eigenvalue weighted by atomic mass is 9.70. The Balaban J connectivity index is 1.72. The molecule has 10 heteroatoms. The lowest BCUT2D eigenvalue weighted by Gasteiger charge is -2.42. The zero-order valence-electron chi connectivity index (χ0n) is 14.3. The van der Waals surface area contributed by atoms with E-state index in [4.69, 9.17) is 22.1 Å². The van der Waals surface area contributed by atoms with Gasteiger partial charge >= 0.3 is 0 Å². The number of nitrogens with zero attached hydrogens (tertiary/aromatic N) is 2. The van der Waals surface area contributed by atoms with Crippen LogP contribution in [0.3, 0.4) is 0 Å². The van der Waals surface area contributed by atoms with Crippen molar-refractivity contribution in [3.63, 3.8) is 0 Å². The van der Waals surface area contributed by atoms with Crippen LogP contribution in [0.2, 0.25) is 4.34 Å². The number of nitrogens with two attached hydrogens (primary N) is 1. The van der Waals surface area contributed by atoms with Crippen LogP contribution in [0.15, 0.2) is 29.4 Å². The van der Waals surface area contributed by atoms with Crippen LogP contribution in [-0.4, -0.2) is 35.0 Å². The molecule has 2 aliphatic rings. The molecule has 1 aromatic carbocycles. The highest BCUT2D eigenvalue weighted by molar-refractivity contribution is 8.13. The molecule has 27 heavy (non-hydrogen) atoms. The Labute approximate surface area is 168 Å². The van der Waals surface area contributed by atoms with Gasteiger partial charge in [0.25, 0.3) is 5.91 Å². The fourth-order valence-corrected chi connectivity index (χ4v) is 5.24. The van der Waals surface area contributed by atoms with E-state index in [0.29, 0.717) is 33.1 Å². The predicted molar refractivity (Wildman–Crippen MR) is 106 cm³/mol. The van der Waals surface area contributed by atoms with Gasteiger partial charge in [-0.15, -0.1) is 0 Å². The number of carbonyl (C=O) groups is 1. The maximum atomic E-state index is 14.8. The molecule has 1 saturated heterocycles. The molecule has 1 amide bonds. The van der Waals surface area contributed by atoms with E-state index >= 15 is 0 Å². The number of amides is 1. The zero-order valence-corrected chi connectivity index (χ0v) is 16.7. The number of halogens is 2. The predicted octanol–water partition coefficient (Wildman–Crippen LogP) is 3.48. The first-order valence-corrected chi connectivity index (χ1v) is 10.3. The van der Waals surface area contributed by atoms with Crippen LogP contribution in [0.5, 0.6) is 0 Å². The Morgan fingerprint density at radius 2 is 2.26 bits per heavy atom. The summed E-state index contributed by atoms with van der Waals surface area (Å²) in [4.78, 5) is 20.9. The van der Waals surface area contributed by atoms with E-state index in [2.05, 4.69) is 15.3 Å².